The minimum Gasteiger partial charge on any atom is -0.314 e. The molecule has 0 aromatic rings. The third kappa shape index (κ3) is 2.97. The van der Waals surface area contributed by atoms with Crippen LogP contribution in [-0.2, 0) is 0 Å². The summed E-state index contributed by atoms with van der Waals surface area (Å²) in [7, 11) is 0. The maximum Gasteiger partial charge on any atom is 0.0684 e. The van der Waals surface area contributed by atoms with Crippen molar-refractivity contribution in [3.05, 3.63) is 0 Å². The van der Waals surface area contributed by atoms with E-state index >= 15 is 0 Å². The highest BCUT2D eigenvalue weighted by Gasteiger charge is 2.25. The summed E-state index contributed by atoms with van der Waals surface area (Å²) in [4.78, 5) is 2.47. The van der Waals surface area contributed by atoms with Gasteiger partial charge in [-0.3, -0.25) is 4.90 Å². The first-order valence-electron chi connectivity index (χ1n) is 5.45. The van der Waals surface area contributed by atoms with E-state index < -0.39 is 0 Å². The zero-order valence-electron chi connectivity index (χ0n) is 9.51. The van der Waals surface area contributed by atoms with Crippen LogP contribution < -0.4 is 5.32 Å². The molecule has 0 atom stereocenters. The van der Waals surface area contributed by atoms with Gasteiger partial charge in [0.2, 0.25) is 0 Å². The normalized spacial score (nSPS) is 17.9. The minimum atomic E-state index is -0.176. The second-order valence-electron chi connectivity index (χ2n) is 4.69. The molecule has 0 aromatic heterocycles. The molecule has 1 aliphatic rings. The molecule has 1 aliphatic heterocycles. The van der Waals surface area contributed by atoms with Gasteiger partial charge >= 0.3 is 0 Å². The van der Waals surface area contributed by atoms with Crippen LogP contribution in [0.5, 0.6) is 0 Å². The van der Waals surface area contributed by atoms with Crippen molar-refractivity contribution < 1.29 is 0 Å². The van der Waals surface area contributed by atoms with Crippen LogP contribution in [0.1, 0.15) is 27.2 Å². The summed E-state index contributed by atoms with van der Waals surface area (Å²) < 4.78 is 0. The standard InChI is InChI=1S/C11H21N3/c1-4-14(10-7-13-8-10)6-5-11(2,3)9-12/h10,13H,4-8H2,1-3H3. The fraction of sp³-hybridized carbons (Fsp3) is 0.909. The molecule has 14 heavy (non-hydrogen) atoms. The van der Waals surface area contributed by atoms with E-state index in [2.05, 4.69) is 23.2 Å². The van der Waals surface area contributed by atoms with E-state index in [1.165, 1.54) is 0 Å². The lowest BCUT2D eigenvalue weighted by atomic mass is 9.91. The molecule has 1 rings (SSSR count). The van der Waals surface area contributed by atoms with Gasteiger partial charge in [0.05, 0.1) is 11.5 Å². The van der Waals surface area contributed by atoms with E-state index in [0.29, 0.717) is 6.04 Å². The summed E-state index contributed by atoms with van der Waals surface area (Å²) in [6, 6.07) is 3.06. The average Bonchev–Trinajstić information content (AvgIpc) is 2.09. The number of likely N-dealkylation sites (N-methyl/N-ethyl adjacent to an activating group) is 1. The maximum absolute atomic E-state index is 8.91. The fourth-order valence-corrected chi connectivity index (χ4v) is 1.61. The number of hydrogen-bond acceptors (Lipinski definition) is 3. The van der Waals surface area contributed by atoms with Crippen LogP contribution in [-0.4, -0.2) is 37.1 Å². The first-order valence-corrected chi connectivity index (χ1v) is 5.45. The van der Waals surface area contributed by atoms with Gasteiger partial charge in [0, 0.05) is 25.7 Å². The molecule has 1 N–H and O–H groups in total. The Morgan fingerprint density at radius 2 is 2.14 bits per heavy atom. The first kappa shape index (κ1) is 11.5. The highest BCUT2D eigenvalue weighted by Crippen LogP contribution is 2.20. The van der Waals surface area contributed by atoms with Gasteiger partial charge in [-0.05, 0) is 26.8 Å². The van der Waals surface area contributed by atoms with Crippen LogP contribution in [0.25, 0.3) is 0 Å². The molecule has 0 spiro atoms. The predicted molar refractivity (Wildman–Crippen MR) is 57.9 cm³/mol. The Morgan fingerprint density at radius 1 is 1.50 bits per heavy atom. The SMILES string of the molecule is CCN(CCC(C)(C)C#N)C1CNC1. The smallest absolute Gasteiger partial charge is 0.0684 e. The van der Waals surface area contributed by atoms with Crippen molar-refractivity contribution in [2.75, 3.05) is 26.2 Å². The van der Waals surface area contributed by atoms with Gasteiger partial charge in [-0.1, -0.05) is 6.92 Å². The van der Waals surface area contributed by atoms with Crippen LogP contribution in [0, 0.1) is 16.7 Å². The third-order valence-electron chi connectivity index (χ3n) is 3.01. The lowest BCUT2D eigenvalue weighted by Gasteiger charge is -2.38. The Balaban J connectivity index is 2.31. The van der Waals surface area contributed by atoms with Gasteiger partial charge in [-0.25, -0.2) is 0 Å². The average molecular weight is 195 g/mol. The highest BCUT2D eigenvalue weighted by atomic mass is 15.2. The summed E-state index contributed by atoms with van der Waals surface area (Å²) in [5, 5.41) is 12.2. The molecule has 1 heterocycles. The minimum absolute atomic E-state index is 0.176. The monoisotopic (exact) mass is 195 g/mol. The van der Waals surface area contributed by atoms with Crippen LogP contribution in [0.15, 0.2) is 0 Å². The number of nitriles is 1. The first-order chi connectivity index (χ1) is 6.59. The molecule has 1 fully saturated rings. The van der Waals surface area contributed by atoms with E-state index in [1.807, 2.05) is 13.8 Å². The zero-order valence-corrected chi connectivity index (χ0v) is 9.51. The number of rotatable bonds is 5. The molecule has 3 heteroatoms. The van der Waals surface area contributed by atoms with E-state index in [4.69, 9.17) is 5.26 Å². The second-order valence-corrected chi connectivity index (χ2v) is 4.69. The largest absolute Gasteiger partial charge is 0.314 e. The second kappa shape index (κ2) is 4.77. The molecule has 80 valence electrons. The lowest BCUT2D eigenvalue weighted by molar-refractivity contribution is 0.140. The highest BCUT2D eigenvalue weighted by molar-refractivity contribution is 4.93. The van der Waals surface area contributed by atoms with Crippen molar-refractivity contribution in [2.24, 2.45) is 5.41 Å². The van der Waals surface area contributed by atoms with Crippen molar-refractivity contribution in [3.63, 3.8) is 0 Å². The zero-order chi connectivity index (χ0) is 10.6. The summed E-state index contributed by atoms with van der Waals surface area (Å²) in [6.45, 7) is 10.6. The van der Waals surface area contributed by atoms with Crippen LogP contribution in [0.2, 0.25) is 0 Å². The molecule has 0 unspecified atom stereocenters. The van der Waals surface area contributed by atoms with Crippen molar-refractivity contribution in [3.8, 4) is 6.07 Å². The third-order valence-corrected chi connectivity index (χ3v) is 3.01. The molecule has 3 nitrogen and oxygen atoms in total. The summed E-state index contributed by atoms with van der Waals surface area (Å²) in [5.74, 6) is 0. The quantitative estimate of drug-likeness (QED) is 0.717. The number of nitrogens with one attached hydrogen (secondary N) is 1. The molecule has 0 aliphatic carbocycles. The topological polar surface area (TPSA) is 39.1 Å². The van der Waals surface area contributed by atoms with Crippen LogP contribution >= 0.6 is 0 Å². The Kier molecular flexibility index (Phi) is 3.91. The van der Waals surface area contributed by atoms with Gasteiger partial charge in [0.15, 0.2) is 0 Å². The van der Waals surface area contributed by atoms with Crippen LogP contribution in [0.3, 0.4) is 0 Å². The fourth-order valence-electron chi connectivity index (χ4n) is 1.61. The van der Waals surface area contributed by atoms with E-state index in [9.17, 15) is 0 Å². The molecular weight excluding hydrogens is 174 g/mol. The van der Waals surface area contributed by atoms with Crippen molar-refractivity contribution in [2.45, 2.75) is 33.2 Å². The maximum atomic E-state index is 8.91. The molecule has 1 saturated heterocycles. The van der Waals surface area contributed by atoms with E-state index in [1.54, 1.807) is 0 Å². The van der Waals surface area contributed by atoms with Gasteiger partial charge in [0.25, 0.3) is 0 Å². The Morgan fingerprint density at radius 3 is 2.50 bits per heavy atom. The number of nitrogens with zero attached hydrogens (tertiary/aromatic N) is 2. The van der Waals surface area contributed by atoms with Gasteiger partial charge in [0.1, 0.15) is 0 Å². The van der Waals surface area contributed by atoms with E-state index in [-0.39, 0.29) is 5.41 Å². The van der Waals surface area contributed by atoms with Crippen LogP contribution in [0.4, 0.5) is 0 Å². The molecular formula is C11H21N3. The Hall–Kier alpha value is -0.590. The summed E-state index contributed by atoms with van der Waals surface area (Å²) >= 11 is 0. The number of hydrogen-bond donors (Lipinski definition) is 1. The summed E-state index contributed by atoms with van der Waals surface area (Å²) in [5.41, 5.74) is -0.176. The molecule has 0 saturated carbocycles. The molecule has 0 radical (unpaired) electrons. The lowest BCUT2D eigenvalue weighted by Crippen LogP contribution is -2.57. The van der Waals surface area contributed by atoms with Gasteiger partial charge in [-0.2, -0.15) is 5.26 Å². The van der Waals surface area contributed by atoms with Crippen molar-refractivity contribution in [1.29, 1.82) is 5.26 Å². The Labute approximate surface area is 87.1 Å². The van der Waals surface area contributed by atoms with Crippen molar-refractivity contribution in [1.82, 2.24) is 10.2 Å². The van der Waals surface area contributed by atoms with Gasteiger partial charge in [-0.15, -0.1) is 0 Å². The summed E-state index contributed by atoms with van der Waals surface area (Å²) in [6.07, 6.45) is 0.966. The molecule has 0 aromatic carbocycles. The molecule has 0 amide bonds. The van der Waals surface area contributed by atoms with Gasteiger partial charge < -0.3 is 5.32 Å². The van der Waals surface area contributed by atoms with Crippen molar-refractivity contribution >= 4 is 0 Å². The van der Waals surface area contributed by atoms with E-state index in [0.717, 1.165) is 32.6 Å². The Bertz CT molecular complexity index is 213. The molecule has 0 bridgehead atoms. The predicted octanol–water partition coefficient (Wildman–Crippen LogP) is 1.22.